The molecule has 0 aromatic heterocycles. The molecule has 0 saturated carbocycles. The smallest absolute Gasteiger partial charge is 0.253 e. The van der Waals surface area contributed by atoms with E-state index in [-0.39, 0.29) is 11.9 Å². The molecule has 1 unspecified atom stereocenters. The fourth-order valence-corrected chi connectivity index (χ4v) is 2.84. The zero-order valence-corrected chi connectivity index (χ0v) is 12.4. The summed E-state index contributed by atoms with van der Waals surface area (Å²) in [7, 11) is 0. The maximum absolute atomic E-state index is 12.1. The van der Waals surface area contributed by atoms with Crippen LogP contribution in [0.2, 0.25) is 5.02 Å². The van der Waals surface area contributed by atoms with Gasteiger partial charge in [0.05, 0.1) is 10.6 Å². The number of halogens is 2. The van der Waals surface area contributed by atoms with E-state index in [0.717, 1.165) is 30.4 Å². The summed E-state index contributed by atoms with van der Waals surface area (Å²) in [6, 6.07) is 5.50. The van der Waals surface area contributed by atoms with Crippen LogP contribution in [0.15, 0.2) is 22.7 Å². The summed E-state index contributed by atoms with van der Waals surface area (Å²) in [5.41, 5.74) is 0.532. The van der Waals surface area contributed by atoms with Gasteiger partial charge in [-0.05, 0) is 37.6 Å². The van der Waals surface area contributed by atoms with Gasteiger partial charge in [-0.3, -0.25) is 4.79 Å². The molecule has 5 heteroatoms. The van der Waals surface area contributed by atoms with Crippen LogP contribution in [-0.2, 0) is 0 Å². The number of nitrogens with one attached hydrogen (secondary N) is 2. The van der Waals surface area contributed by atoms with Crippen molar-refractivity contribution < 1.29 is 4.79 Å². The van der Waals surface area contributed by atoms with E-state index in [1.807, 2.05) is 6.07 Å². The minimum atomic E-state index is -0.0961. The second-order valence-electron chi connectivity index (χ2n) is 4.49. The largest absolute Gasteiger partial charge is 0.348 e. The van der Waals surface area contributed by atoms with Crippen LogP contribution in [0.25, 0.3) is 0 Å². The second kappa shape index (κ2) is 6.55. The van der Waals surface area contributed by atoms with Gasteiger partial charge in [0, 0.05) is 17.1 Å². The molecule has 1 saturated heterocycles. The molecular formula is C13H16BrClN2O. The molecule has 1 heterocycles. The summed E-state index contributed by atoms with van der Waals surface area (Å²) < 4.78 is 0.875. The highest BCUT2D eigenvalue weighted by atomic mass is 79.9. The first-order valence-electron chi connectivity index (χ1n) is 6.13. The third kappa shape index (κ3) is 3.70. The van der Waals surface area contributed by atoms with Crippen molar-refractivity contribution in [1.82, 2.24) is 10.6 Å². The van der Waals surface area contributed by atoms with E-state index < -0.39 is 0 Å². The molecule has 1 aliphatic rings. The quantitative estimate of drug-likeness (QED) is 0.875. The Morgan fingerprint density at radius 1 is 1.44 bits per heavy atom. The Morgan fingerprint density at radius 2 is 2.28 bits per heavy atom. The van der Waals surface area contributed by atoms with Crippen LogP contribution in [0.4, 0.5) is 0 Å². The van der Waals surface area contributed by atoms with E-state index in [4.69, 9.17) is 11.6 Å². The summed E-state index contributed by atoms with van der Waals surface area (Å²) in [5.74, 6) is -0.0961. The number of carbonyl (C=O) groups excluding carboxylic acids is 1. The van der Waals surface area contributed by atoms with Gasteiger partial charge < -0.3 is 10.6 Å². The molecule has 98 valence electrons. The minimum Gasteiger partial charge on any atom is -0.348 e. The fraction of sp³-hybridized carbons (Fsp3) is 0.462. The van der Waals surface area contributed by atoms with Crippen LogP contribution in [0, 0.1) is 0 Å². The molecule has 1 atom stereocenters. The molecule has 3 nitrogen and oxygen atoms in total. The topological polar surface area (TPSA) is 41.1 Å². The highest BCUT2D eigenvalue weighted by Gasteiger charge is 2.17. The van der Waals surface area contributed by atoms with Crippen LogP contribution in [0.5, 0.6) is 0 Å². The van der Waals surface area contributed by atoms with E-state index in [0.29, 0.717) is 10.6 Å². The number of hydrogen-bond acceptors (Lipinski definition) is 2. The summed E-state index contributed by atoms with van der Waals surface area (Å²) in [6.07, 6.45) is 3.34. The number of amides is 1. The van der Waals surface area contributed by atoms with Gasteiger partial charge in [-0.1, -0.05) is 34.0 Å². The number of hydrogen-bond donors (Lipinski definition) is 2. The Kier molecular flexibility index (Phi) is 5.03. The maximum atomic E-state index is 12.1. The van der Waals surface area contributed by atoms with Gasteiger partial charge in [-0.25, -0.2) is 0 Å². The second-order valence-corrected chi connectivity index (χ2v) is 5.82. The molecule has 1 amide bonds. The summed E-state index contributed by atoms with van der Waals surface area (Å²) >= 11 is 9.40. The maximum Gasteiger partial charge on any atom is 0.253 e. The number of benzene rings is 1. The molecule has 1 aromatic carbocycles. The Hall–Kier alpha value is -0.580. The summed E-state index contributed by atoms with van der Waals surface area (Å²) in [6.45, 7) is 1.87. The molecule has 1 aromatic rings. The highest BCUT2D eigenvalue weighted by molar-refractivity contribution is 9.10. The predicted molar refractivity (Wildman–Crippen MR) is 77.1 cm³/mol. The third-order valence-electron chi connectivity index (χ3n) is 3.06. The molecule has 0 aliphatic carbocycles. The SMILES string of the molecule is O=C(NC1CCCCNC1)c1ccc(Br)cc1Cl. The van der Waals surface area contributed by atoms with Gasteiger partial charge in [0.1, 0.15) is 0 Å². The zero-order valence-electron chi connectivity index (χ0n) is 10.0. The molecule has 2 rings (SSSR count). The van der Waals surface area contributed by atoms with E-state index in [2.05, 4.69) is 26.6 Å². The molecule has 1 aliphatic heterocycles. The van der Waals surface area contributed by atoms with E-state index in [1.54, 1.807) is 12.1 Å². The van der Waals surface area contributed by atoms with Crippen LogP contribution in [0.1, 0.15) is 29.6 Å². The summed E-state index contributed by atoms with van der Waals surface area (Å²) in [4.78, 5) is 12.1. The standard InChI is InChI=1S/C13H16BrClN2O/c14-9-4-5-11(12(15)7-9)13(18)17-10-3-1-2-6-16-8-10/h4-5,7,10,16H,1-3,6,8H2,(H,17,18). The van der Waals surface area contributed by atoms with Crippen molar-refractivity contribution in [3.05, 3.63) is 33.3 Å². The first kappa shape index (κ1) is 13.8. The van der Waals surface area contributed by atoms with Crippen molar-refractivity contribution in [2.45, 2.75) is 25.3 Å². The van der Waals surface area contributed by atoms with Crippen molar-refractivity contribution in [1.29, 1.82) is 0 Å². The van der Waals surface area contributed by atoms with Crippen molar-refractivity contribution in [3.63, 3.8) is 0 Å². The molecular weight excluding hydrogens is 316 g/mol. The van der Waals surface area contributed by atoms with E-state index in [1.165, 1.54) is 6.42 Å². The Labute approximate surface area is 120 Å². The zero-order chi connectivity index (χ0) is 13.0. The first-order valence-corrected chi connectivity index (χ1v) is 7.30. The van der Waals surface area contributed by atoms with E-state index >= 15 is 0 Å². The van der Waals surface area contributed by atoms with Crippen molar-refractivity contribution in [2.24, 2.45) is 0 Å². The lowest BCUT2D eigenvalue weighted by molar-refractivity contribution is 0.0935. The van der Waals surface area contributed by atoms with Gasteiger partial charge >= 0.3 is 0 Å². The Morgan fingerprint density at radius 3 is 3.06 bits per heavy atom. The van der Waals surface area contributed by atoms with Crippen LogP contribution in [-0.4, -0.2) is 25.0 Å². The normalized spacial score (nSPS) is 20.2. The Balaban J connectivity index is 2.02. The molecule has 0 bridgehead atoms. The third-order valence-corrected chi connectivity index (χ3v) is 3.86. The minimum absolute atomic E-state index is 0.0961. The predicted octanol–water partition coefficient (Wildman–Crippen LogP) is 2.97. The molecule has 2 N–H and O–H groups in total. The molecule has 18 heavy (non-hydrogen) atoms. The van der Waals surface area contributed by atoms with Gasteiger partial charge in [0.25, 0.3) is 5.91 Å². The molecule has 1 fully saturated rings. The molecule has 0 spiro atoms. The number of rotatable bonds is 2. The fourth-order valence-electron chi connectivity index (χ4n) is 2.08. The summed E-state index contributed by atoms with van der Waals surface area (Å²) in [5, 5.41) is 6.83. The monoisotopic (exact) mass is 330 g/mol. The van der Waals surface area contributed by atoms with Gasteiger partial charge in [-0.2, -0.15) is 0 Å². The lowest BCUT2D eigenvalue weighted by Crippen LogP contribution is -2.40. The Bertz CT molecular complexity index is 431. The highest BCUT2D eigenvalue weighted by Crippen LogP contribution is 2.21. The van der Waals surface area contributed by atoms with Crippen molar-refractivity contribution >= 4 is 33.4 Å². The van der Waals surface area contributed by atoms with Gasteiger partial charge in [0.2, 0.25) is 0 Å². The van der Waals surface area contributed by atoms with E-state index in [9.17, 15) is 4.79 Å². The van der Waals surface area contributed by atoms with Gasteiger partial charge in [0.15, 0.2) is 0 Å². The lowest BCUT2D eigenvalue weighted by atomic mass is 10.1. The van der Waals surface area contributed by atoms with Crippen LogP contribution < -0.4 is 10.6 Å². The van der Waals surface area contributed by atoms with Crippen LogP contribution >= 0.6 is 27.5 Å². The average molecular weight is 332 g/mol. The lowest BCUT2D eigenvalue weighted by Gasteiger charge is -2.16. The molecule has 0 radical (unpaired) electrons. The first-order chi connectivity index (χ1) is 8.66. The number of carbonyl (C=O) groups is 1. The van der Waals surface area contributed by atoms with Gasteiger partial charge in [-0.15, -0.1) is 0 Å². The van der Waals surface area contributed by atoms with Crippen molar-refractivity contribution in [3.8, 4) is 0 Å². The van der Waals surface area contributed by atoms with Crippen LogP contribution in [0.3, 0.4) is 0 Å². The average Bonchev–Trinajstić information content (AvgIpc) is 2.57. The van der Waals surface area contributed by atoms with Crippen molar-refractivity contribution in [2.75, 3.05) is 13.1 Å².